The number of piperidine rings is 1. The number of hydrogen-bond donors (Lipinski definition) is 2. The second-order valence-electron chi connectivity index (χ2n) is 8.65. The summed E-state index contributed by atoms with van der Waals surface area (Å²) in [5.74, 6) is 0.392. The monoisotopic (exact) mass is 447 g/mol. The summed E-state index contributed by atoms with van der Waals surface area (Å²) in [7, 11) is -3.96. The highest BCUT2D eigenvalue weighted by Crippen LogP contribution is 2.21. The van der Waals surface area contributed by atoms with Crippen molar-refractivity contribution < 1.29 is 17.6 Å². The predicted octanol–water partition coefficient (Wildman–Crippen LogP) is 3.72. The molecule has 3 unspecified atom stereocenters. The Kier molecular flexibility index (Phi) is 7.33. The van der Waals surface area contributed by atoms with Gasteiger partial charge in [-0.05, 0) is 61.6 Å². The Hall–Kier alpha value is -2.45. The summed E-state index contributed by atoms with van der Waals surface area (Å²) in [5.41, 5.74) is 0.247. The van der Waals surface area contributed by atoms with Crippen LogP contribution in [-0.2, 0) is 10.0 Å². The zero-order valence-corrected chi connectivity index (χ0v) is 19.0. The fraction of sp³-hybridized carbons (Fsp3) is 0.435. The smallest absolute Gasteiger partial charge is 0.261 e. The Morgan fingerprint density at radius 1 is 1.10 bits per heavy atom. The third-order valence-electron chi connectivity index (χ3n) is 5.40. The van der Waals surface area contributed by atoms with Gasteiger partial charge in [0.25, 0.3) is 15.9 Å². The highest BCUT2D eigenvalue weighted by atomic mass is 32.2. The van der Waals surface area contributed by atoms with Crippen molar-refractivity contribution in [3.8, 4) is 0 Å². The van der Waals surface area contributed by atoms with Crippen LogP contribution in [0.5, 0.6) is 0 Å². The van der Waals surface area contributed by atoms with Gasteiger partial charge in [0.15, 0.2) is 0 Å². The van der Waals surface area contributed by atoms with Gasteiger partial charge in [0.2, 0.25) is 0 Å². The Labute approximate surface area is 183 Å². The van der Waals surface area contributed by atoms with Gasteiger partial charge in [0.05, 0.1) is 10.6 Å². The number of sulfonamides is 1. The lowest BCUT2D eigenvalue weighted by Crippen LogP contribution is -2.47. The first kappa shape index (κ1) is 23.2. The Morgan fingerprint density at radius 2 is 1.71 bits per heavy atom. The molecule has 1 aliphatic rings. The maximum Gasteiger partial charge on any atom is 0.261 e. The number of carbonyl (C=O) groups is 1. The minimum absolute atomic E-state index is 0.0314. The molecule has 1 amide bonds. The van der Waals surface area contributed by atoms with Gasteiger partial charge in [-0.2, -0.15) is 0 Å². The first-order valence-electron chi connectivity index (χ1n) is 10.5. The maximum absolute atomic E-state index is 13.8. The molecule has 0 bridgehead atoms. The van der Waals surface area contributed by atoms with E-state index in [0.717, 1.165) is 19.6 Å². The predicted molar refractivity (Wildman–Crippen MR) is 120 cm³/mol. The molecule has 168 valence electrons. The first-order valence-corrected chi connectivity index (χ1v) is 12.0. The molecule has 0 saturated carbocycles. The van der Waals surface area contributed by atoms with Gasteiger partial charge in [0.1, 0.15) is 5.82 Å². The van der Waals surface area contributed by atoms with E-state index in [0.29, 0.717) is 17.4 Å². The summed E-state index contributed by atoms with van der Waals surface area (Å²) >= 11 is 0. The van der Waals surface area contributed by atoms with Gasteiger partial charge in [-0.1, -0.05) is 26.0 Å². The molecule has 2 aromatic rings. The van der Waals surface area contributed by atoms with Gasteiger partial charge >= 0.3 is 0 Å². The number of para-hydroxylation sites is 1. The van der Waals surface area contributed by atoms with Crippen molar-refractivity contribution in [3.63, 3.8) is 0 Å². The molecule has 1 aliphatic heterocycles. The number of hydrogen-bond acceptors (Lipinski definition) is 4. The lowest BCUT2D eigenvalue weighted by atomic mass is 9.92. The summed E-state index contributed by atoms with van der Waals surface area (Å²) < 4.78 is 41.0. The standard InChI is InChI=1S/C23H30FN3O3S/c1-16-12-17(2)14-27(13-16)15-18(3)25-23(28)19-8-10-20(11-9-19)31(29,30)26-22-7-5-4-6-21(22)24/h4-11,16-18,26H,12-15H2,1-3H3,(H,25,28). The number of carbonyl (C=O) groups excluding carboxylic acids is 1. The lowest BCUT2D eigenvalue weighted by Gasteiger charge is -2.36. The average Bonchev–Trinajstić information content (AvgIpc) is 2.69. The molecule has 3 rings (SSSR count). The highest BCUT2D eigenvalue weighted by Gasteiger charge is 2.23. The van der Waals surface area contributed by atoms with E-state index in [1.165, 1.54) is 48.9 Å². The number of nitrogens with one attached hydrogen (secondary N) is 2. The zero-order valence-electron chi connectivity index (χ0n) is 18.1. The number of benzene rings is 2. The Morgan fingerprint density at radius 3 is 2.32 bits per heavy atom. The quantitative estimate of drug-likeness (QED) is 0.678. The summed E-state index contributed by atoms with van der Waals surface area (Å²) in [4.78, 5) is 14.9. The van der Waals surface area contributed by atoms with Crippen molar-refractivity contribution in [2.24, 2.45) is 11.8 Å². The van der Waals surface area contributed by atoms with Crippen LogP contribution >= 0.6 is 0 Å². The van der Waals surface area contributed by atoms with E-state index in [1.54, 1.807) is 6.07 Å². The van der Waals surface area contributed by atoms with Crippen molar-refractivity contribution in [2.45, 2.75) is 38.1 Å². The molecule has 0 aromatic heterocycles. The van der Waals surface area contributed by atoms with Crippen LogP contribution in [0.1, 0.15) is 37.6 Å². The molecule has 1 saturated heterocycles. The van der Waals surface area contributed by atoms with E-state index in [9.17, 15) is 17.6 Å². The molecule has 2 N–H and O–H groups in total. The summed E-state index contributed by atoms with van der Waals surface area (Å²) in [6.45, 7) is 9.32. The number of rotatable bonds is 7. The average molecular weight is 448 g/mol. The molecule has 2 aromatic carbocycles. The van der Waals surface area contributed by atoms with Crippen molar-refractivity contribution >= 4 is 21.6 Å². The second-order valence-corrected chi connectivity index (χ2v) is 10.3. The van der Waals surface area contributed by atoms with Crippen molar-refractivity contribution in [3.05, 3.63) is 59.9 Å². The SMILES string of the molecule is CC1CC(C)CN(CC(C)NC(=O)c2ccc(S(=O)(=O)Nc3ccccc3F)cc2)C1. The molecule has 1 fully saturated rings. The minimum Gasteiger partial charge on any atom is -0.348 e. The van der Waals surface area contributed by atoms with Gasteiger partial charge < -0.3 is 10.2 Å². The molecule has 3 atom stereocenters. The summed E-state index contributed by atoms with van der Waals surface area (Å²) in [6.07, 6.45) is 1.23. The number of likely N-dealkylation sites (tertiary alicyclic amines) is 1. The second kappa shape index (κ2) is 9.78. The van der Waals surface area contributed by atoms with Crippen molar-refractivity contribution in [1.29, 1.82) is 0 Å². The van der Waals surface area contributed by atoms with Crippen LogP contribution in [0, 0.1) is 17.7 Å². The summed E-state index contributed by atoms with van der Waals surface area (Å²) in [6, 6.07) is 11.1. The van der Waals surface area contributed by atoms with E-state index in [-0.39, 0.29) is 22.5 Å². The molecule has 0 spiro atoms. The maximum atomic E-state index is 13.8. The van der Waals surface area contributed by atoms with Crippen LogP contribution in [0.3, 0.4) is 0 Å². The Bertz CT molecular complexity index is 1000. The van der Waals surface area contributed by atoms with Gasteiger partial charge in [0, 0.05) is 31.2 Å². The largest absolute Gasteiger partial charge is 0.348 e. The molecular formula is C23H30FN3O3S. The highest BCUT2D eigenvalue weighted by molar-refractivity contribution is 7.92. The van der Waals surface area contributed by atoms with Crippen molar-refractivity contribution in [2.75, 3.05) is 24.4 Å². The third kappa shape index (κ3) is 6.27. The summed E-state index contributed by atoms with van der Waals surface area (Å²) in [5, 5.41) is 2.98. The van der Waals surface area contributed by atoms with Crippen LogP contribution in [0.2, 0.25) is 0 Å². The van der Waals surface area contributed by atoms with E-state index >= 15 is 0 Å². The Balaban J connectivity index is 1.60. The zero-order chi connectivity index (χ0) is 22.6. The topological polar surface area (TPSA) is 78.5 Å². The van der Waals surface area contributed by atoms with Gasteiger partial charge in [-0.15, -0.1) is 0 Å². The molecular weight excluding hydrogens is 417 g/mol. The number of anilines is 1. The molecule has 31 heavy (non-hydrogen) atoms. The van der Waals surface area contributed by atoms with Crippen LogP contribution in [0.25, 0.3) is 0 Å². The fourth-order valence-electron chi connectivity index (χ4n) is 4.21. The van der Waals surface area contributed by atoms with Gasteiger partial charge in [-0.25, -0.2) is 12.8 Å². The third-order valence-corrected chi connectivity index (χ3v) is 6.78. The number of nitrogens with zero attached hydrogens (tertiary/aromatic N) is 1. The molecule has 8 heteroatoms. The van der Waals surface area contributed by atoms with E-state index in [4.69, 9.17) is 0 Å². The first-order chi connectivity index (χ1) is 14.6. The van der Waals surface area contributed by atoms with Crippen LogP contribution in [-0.4, -0.2) is 44.9 Å². The number of halogens is 1. The molecule has 1 heterocycles. The van der Waals surface area contributed by atoms with E-state index < -0.39 is 15.8 Å². The molecule has 0 aliphatic carbocycles. The van der Waals surface area contributed by atoms with Crippen LogP contribution in [0.15, 0.2) is 53.4 Å². The fourth-order valence-corrected chi connectivity index (χ4v) is 5.28. The molecule has 0 radical (unpaired) electrons. The van der Waals surface area contributed by atoms with Crippen molar-refractivity contribution in [1.82, 2.24) is 10.2 Å². The normalized spacial score (nSPS) is 20.8. The lowest BCUT2D eigenvalue weighted by molar-refractivity contribution is 0.0905. The number of amides is 1. The van der Waals surface area contributed by atoms with Crippen LogP contribution < -0.4 is 10.0 Å². The van der Waals surface area contributed by atoms with E-state index in [1.807, 2.05) is 6.92 Å². The minimum atomic E-state index is -3.96. The molecule has 6 nitrogen and oxygen atoms in total. The van der Waals surface area contributed by atoms with E-state index in [2.05, 4.69) is 28.8 Å². The van der Waals surface area contributed by atoms with Crippen LogP contribution in [0.4, 0.5) is 10.1 Å². The van der Waals surface area contributed by atoms with Gasteiger partial charge in [-0.3, -0.25) is 9.52 Å².